The molecule has 1 aromatic carbocycles. The molecule has 1 N–H and O–H groups in total. The van der Waals surface area contributed by atoms with Crippen LogP contribution in [0, 0.1) is 0 Å². The second-order valence-electron chi connectivity index (χ2n) is 4.82. The average molecular weight is 320 g/mol. The Hall–Kier alpha value is -2.02. The first-order valence-electron chi connectivity index (χ1n) is 7.11. The van der Waals surface area contributed by atoms with Crippen molar-refractivity contribution in [3.8, 4) is 11.4 Å². The first-order chi connectivity index (χ1) is 10.7. The van der Waals surface area contributed by atoms with E-state index < -0.39 is 0 Å². The van der Waals surface area contributed by atoms with Crippen LogP contribution >= 0.6 is 11.8 Å². The summed E-state index contributed by atoms with van der Waals surface area (Å²) >= 11 is 1.35. The Morgan fingerprint density at radius 1 is 1.45 bits per heavy atom. The molecule has 0 aliphatic carbocycles. The fourth-order valence-corrected chi connectivity index (χ4v) is 2.60. The fraction of sp³-hybridized carbons (Fsp3) is 0.400. The number of carbonyl (C=O) groups is 1. The van der Waals surface area contributed by atoms with E-state index in [-0.39, 0.29) is 11.9 Å². The number of thioether (sulfide) groups is 1. The van der Waals surface area contributed by atoms with Crippen LogP contribution in [0.2, 0.25) is 0 Å². The van der Waals surface area contributed by atoms with Gasteiger partial charge in [0.05, 0.1) is 18.6 Å². The first-order valence-corrected chi connectivity index (χ1v) is 8.09. The third kappa shape index (κ3) is 4.00. The zero-order chi connectivity index (χ0) is 15.9. The zero-order valence-electron chi connectivity index (χ0n) is 12.9. The maximum atomic E-state index is 11.9. The van der Waals surface area contributed by atoms with Crippen LogP contribution in [0.5, 0.6) is 5.75 Å². The van der Waals surface area contributed by atoms with E-state index in [0.29, 0.717) is 10.9 Å². The van der Waals surface area contributed by atoms with Crippen LogP contribution in [-0.4, -0.2) is 39.6 Å². The van der Waals surface area contributed by atoms with E-state index in [1.165, 1.54) is 11.8 Å². The molecular weight excluding hydrogens is 300 g/mol. The minimum atomic E-state index is -0.00562. The summed E-state index contributed by atoms with van der Waals surface area (Å²) in [6, 6.07) is 7.80. The van der Waals surface area contributed by atoms with Crippen LogP contribution in [0.1, 0.15) is 20.3 Å². The quantitative estimate of drug-likeness (QED) is 0.793. The summed E-state index contributed by atoms with van der Waals surface area (Å²) in [5.74, 6) is 1.03. The molecule has 1 heterocycles. The minimum absolute atomic E-state index is 0.00562. The van der Waals surface area contributed by atoms with Gasteiger partial charge in [0.15, 0.2) is 5.16 Å². The van der Waals surface area contributed by atoms with Gasteiger partial charge in [-0.25, -0.2) is 0 Å². The molecule has 1 amide bonds. The van der Waals surface area contributed by atoms with Gasteiger partial charge in [-0.3, -0.25) is 9.36 Å². The lowest BCUT2D eigenvalue weighted by atomic mass is 10.3. The van der Waals surface area contributed by atoms with Crippen LogP contribution in [0.25, 0.3) is 5.69 Å². The number of rotatable bonds is 7. The Morgan fingerprint density at radius 2 is 2.23 bits per heavy atom. The number of hydrogen-bond donors (Lipinski definition) is 1. The summed E-state index contributed by atoms with van der Waals surface area (Å²) in [6.45, 7) is 4.02. The molecule has 0 fully saturated rings. The van der Waals surface area contributed by atoms with Gasteiger partial charge in [-0.2, -0.15) is 0 Å². The third-order valence-corrected chi connectivity index (χ3v) is 4.16. The van der Waals surface area contributed by atoms with Gasteiger partial charge in [-0.15, -0.1) is 10.2 Å². The monoisotopic (exact) mass is 320 g/mol. The smallest absolute Gasteiger partial charge is 0.230 e. The number of nitrogens with one attached hydrogen (secondary N) is 1. The highest BCUT2D eigenvalue weighted by Crippen LogP contribution is 2.26. The van der Waals surface area contributed by atoms with Crippen molar-refractivity contribution in [1.82, 2.24) is 20.1 Å². The van der Waals surface area contributed by atoms with E-state index in [2.05, 4.69) is 15.5 Å². The topological polar surface area (TPSA) is 69.0 Å². The molecular formula is C15H20N4O2S. The highest BCUT2D eigenvalue weighted by molar-refractivity contribution is 7.99. The number of carbonyl (C=O) groups excluding carboxylic acids is 1. The number of methoxy groups -OCH3 is 1. The molecule has 2 rings (SSSR count). The van der Waals surface area contributed by atoms with E-state index in [0.717, 1.165) is 17.9 Å². The summed E-state index contributed by atoms with van der Waals surface area (Å²) in [5, 5.41) is 11.6. The van der Waals surface area contributed by atoms with Crippen molar-refractivity contribution in [2.24, 2.45) is 0 Å². The molecule has 0 unspecified atom stereocenters. The Morgan fingerprint density at radius 3 is 2.95 bits per heavy atom. The molecule has 0 bridgehead atoms. The zero-order valence-corrected chi connectivity index (χ0v) is 13.8. The van der Waals surface area contributed by atoms with Crippen molar-refractivity contribution in [1.29, 1.82) is 0 Å². The molecule has 0 spiro atoms. The van der Waals surface area contributed by atoms with Crippen molar-refractivity contribution < 1.29 is 9.53 Å². The number of aromatic nitrogens is 3. The van der Waals surface area contributed by atoms with E-state index in [4.69, 9.17) is 4.74 Å². The number of nitrogens with zero attached hydrogens (tertiary/aromatic N) is 3. The first kappa shape index (κ1) is 16.4. The highest BCUT2D eigenvalue weighted by atomic mass is 32.2. The minimum Gasteiger partial charge on any atom is -0.495 e. The lowest BCUT2D eigenvalue weighted by Gasteiger charge is -2.12. The Labute approximate surface area is 134 Å². The Kier molecular flexibility index (Phi) is 5.83. The van der Waals surface area contributed by atoms with Gasteiger partial charge in [0.2, 0.25) is 5.91 Å². The summed E-state index contributed by atoms with van der Waals surface area (Å²) in [5.41, 5.74) is 0.847. The SMILES string of the molecule is CC[C@@H](C)NC(=O)CSc1nncn1-c1ccccc1OC. The Balaban J connectivity index is 2.08. The Bertz CT molecular complexity index is 630. The van der Waals surface area contributed by atoms with Gasteiger partial charge in [-0.1, -0.05) is 30.8 Å². The van der Waals surface area contributed by atoms with E-state index in [9.17, 15) is 4.79 Å². The van der Waals surface area contributed by atoms with Crippen molar-refractivity contribution in [2.45, 2.75) is 31.5 Å². The molecule has 6 nitrogen and oxygen atoms in total. The number of benzene rings is 1. The lowest BCUT2D eigenvalue weighted by Crippen LogP contribution is -2.33. The number of amides is 1. The molecule has 1 aromatic heterocycles. The summed E-state index contributed by atoms with van der Waals surface area (Å²) < 4.78 is 7.17. The summed E-state index contributed by atoms with van der Waals surface area (Å²) in [7, 11) is 1.62. The molecule has 1 atom stereocenters. The van der Waals surface area contributed by atoms with Gasteiger partial charge < -0.3 is 10.1 Å². The molecule has 118 valence electrons. The number of hydrogen-bond acceptors (Lipinski definition) is 5. The van der Waals surface area contributed by atoms with Crippen molar-refractivity contribution in [3.63, 3.8) is 0 Å². The summed E-state index contributed by atoms with van der Waals surface area (Å²) in [6.07, 6.45) is 2.53. The standard InChI is InChI=1S/C15H20N4O2S/c1-4-11(2)17-14(20)9-22-15-18-16-10-19(15)12-7-5-6-8-13(12)21-3/h5-8,10-11H,4,9H2,1-3H3,(H,17,20)/t11-/m1/s1. The number of ether oxygens (including phenoxy) is 1. The van der Waals surface area contributed by atoms with Crippen LogP contribution in [0.3, 0.4) is 0 Å². The fourth-order valence-electron chi connectivity index (χ4n) is 1.87. The molecule has 0 saturated carbocycles. The largest absolute Gasteiger partial charge is 0.495 e. The molecule has 2 aromatic rings. The van der Waals surface area contributed by atoms with Crippen molar-refractivity contribution in [2.75, 3.05) is 12.9 Å². The normalized spacial score (nSPS) is 12.0. The van der Waals surface area contributed by atoms with Crippen LogP contribution in [0.15, 0.2) is 35.7 Å². The molecule has 7 heteroatoms. The van der Waals surface area contributed by atoms with E-state index in [1.54, 1.807) is 13.4 Å². The summed E-state index contributed by atoms with van der Waals surface area (Å²) in [4.78, 5) is 11.9. The van der Waals surface area contributed by atoms with E-state index in [1.807, 2.05) is 42.7 Å². The van der Waals surface area contributed by atoms with Crippen LogP contribution in [0.4, 0.5) is 0 Å². The van der Waals surface area contributed by atoms with E-state index >= 15 is 0 Å². The average Bonchev–Trinajstić information content (AvgIpc) is 3.01. The lowest BCUT2D eigenvalue weighted by molar-refractivity contribution is -0.119. The molecule has 22 heavy (non-hydrogen) atoms. The maximum absolute atomic E-state index is 11.9. The molecule has 0 saturated heterocycles. The highest BCUT2D eigenvalue weighted by Gasteiger charge is 2.13. The second-order valence-corrected chi connectivity index (χ2v) is 5.76. The van der Waals surface area contributed by atoms with Gasteiger partial charge in [0.1, 0.15) is 12.1 Å². The van der Waals surface area contributed by atoms with Crippen molar-refractivity contribution in [3.05, 3.63) is 30.6 Å². The maximum Gasteiger partial charge on any atom is 0.230 e. The number of para-hydroxylation sites is 2. The van der Waals surface area contributed by atoms with Gasteiger partial charge in [0, 0.05) is 6.04 Å². The molecule has 0 aliphatic heterocycles. The van der Waals surface area contributed by atoms with Crippen molar-refractivity contribution >= 4 is 17.7 Å². The van der Waals surface area contributed by atoms with Gasteiger partial charge in [0.25, 0.3) is 0 Å². The predicted molar refractivity (Wildman–Crippen MR) is 86.5 cm³/mol. The van der Waals surface area contributed by atoms with Crippen LogP contribution < -0.4 is 10.1 Å². The van der Waals surface area contributed by atoms with Gasteiger partial charge in [-0.05, 0) is 25.5 Å². The predicted octanol–water partition coefficient (Wildman–Crippen LogP) is 2.28. The molecule has 0 aliphatic rings. The van der Waals surface area contributed by atoms with Crippen LogP contribution in [-0.2, 0) is 4.79 Å². The third-order valence-electron chi connectivity index (χ3n) is 3.21. The second kappa shape index (κ2) is 7.84. The van der Waals surface area contributed by atoms with Gasteiger partial charge >= 0.3 is 0 Å². The molecule has 0 radical (unpaired) electrons.